The van der Waals surface area contributed by atoms with Crippen molar-refractivity contribution in [3.05, 3.63) is 77.4 Å². The van der Waals surface area contributed by atoms with Crippen LogP contribution in [0.2, 0.25) is 0 Å². The van der Waals surface area contributed by atoms with Crippen molar-refractivity contribution in [1.82, 2.24) is 9.97 Å². The molecule has 2 heterocycles. The third-order valence-electron chi connectivity index (χ3n) is 3.87. The summed E-state index contributed by atoms with van der Waals surface area (Å²) in [6.45, 7) is 0. The number of pyridine rings is 1. The second-order valence-electron chi connectivity index (χ2n) is 5.49. The van der Waals surface area contributed by atoms with Gasteiger partial charge in [0.25, 0.3) is 5.91 Å². The first-order valence-electron chi connectivity index (χ1n) is 7.67. The van der Waals surface area contributed by atoms with Crippen molar-refractivity contribution in [3.8, 4) is 11.1 Å². The zero-order chi connectivity index (χ0) is 18.1. The van der Waals surface area contributed by atoms with Crippen LogP contribution in [0.4, 0.5) is 14.6 Å². The second kappa shape index (κ2) is 6.61. The number of nitrogens with zero attached hydrogens (tertiary/aromatic N) is 2. The quantitative estimate of drug-likeness (QED) is 0.561. The van der Waals surface area contributed by atoms with E-state index < -0.39 is 23.1 Å². The van der Waals surface area contributed by atoms with E-state index in [0.717, 1.165) is 33.5 Å². The van der Waals surface area contributed by atoms with Gasteiger partial charge in [0, 0.05) is 17.3 Å². The molecule has 0 radical (unpaired) electrons. The number of hydrogen-bond acceptors (Lipinski definition) is 4. The minimum Gasteiger partial charge on any atom is -0.306 e. The van der Waals surface area contributed by atoms with E-state index in [9.17, 15) is 13.6 Å². The molecule has 1 amide bonds. The molecular weight excluding hydrogens is 356 g/mol. The van der Waals surface area contributed by atoms with E-state index in [0.29, 0.717) is 0 Å². The zero-order valence-electron chi connectivity index (χ0n) is 13.2. The van der Waals surface area contributed by atoms with Crippen molar-refractivity contribution in [2.75, 3.05) is 5.32 Å². The topological polar surface area (TPSA) is 54.9 Å². The highest BCUT2D eigenvalue weighted by Crippen LogP contribution is 2.29. The number of hydrogen-bond donors (Lipinski definition) is 1. The minimum absolute atomic E-state index is 0.201. The SMILES string of the molecule is O=C(Nc1ccc(-c2cccc3scnc23)cn1)c1c(F)cccc1F. The minimum atomic E-state index is -0.922. The molecule has 0 fully saturated rings. The first-order valence-corrected chi connectivity index (χ1v) is 8.55. The van der Waals surface area contributed by atoms with Gasteiger partial charge in [-0.05, 0) is 30.3 Å². The summed E-state index contributed by atoms with van der Waals surface area (Å²) in [5.74, 6) is -2.53. The Kier molecular flexibility index (Phi) is 4.14. The number of aromatic nitrogens is 2. The number of benzene rings is 2. The fourth-order valence-corrected chi connectivity index (χ4v) is 3.34. The third kappa shape index (κ3) is 2.93. The number of fused-ring (bicyclic) bond motifs is 1. The molecule has 0 bridgehead atoms. The molecule has 4 rings (SSSR count). The Hall–Kier alpha value is -3.19. The first-order chi connectivity index (χ1) is 12.6. The number of amides is 1. The Morgan fingerprint density at radius 3 is 2.46 bits per heavy atom. The molecule has 0 atom stereocenters. The molecule has 2 aromatic carbocycles. The highest BCUT2D eigenvalue weighted by atomic mass is 32.1. The van der Waals surface area contributed by atoms with Gasteiger partial charge in [-0.1, -0.05) is 18.2 Å². The van der Waals surface area contributed by atoms with E-state index in [1.54, 1.807) is 35.2 Å². The lowest BCUT2D eigenvalue weighted by Crippen LogP contribution is -2.16. The highest BCUT2D eigenvalue weighted by Gasteiger charge is 2.17. The van der Waals surface area contributed by atoms with Gasteiger partial charge >= 0.3 is 0 Å². The molecule has 0 spiro atoms. The lowest BCUT2D eigenvalue weighted by molar-refractivity contribution is 0.101. The summed E-state index contributed by atoms with van der Waals surface area (Å²) in [4.78, 5) is 20.6. The summed E-state index contributed by atoms with van der Waals surface area (Å²) in [6.07, 6.45) is 1.58. The van der Waals surface area contributed by atoms with E-state index in [-0.39, 0.29) is 5.82 Å². The number of thiazole rings is 1. The van der Waals surface area contributed by atoms with Gasteiger partial charge in [0.2, 0.25) is 0 Å². The van der Waals surface area contributed by atoms with Gasteiger partial charge in [0.15, 0.2) is 0 Å². The molecule has 7 heteroatoms. The van der Waals surface area contributed by atoms with Crippen LogP contribution in [0.15, 0.2) is 60.2 Å². The van der Waals surface area contributed by atoms with Crippen LogP contribution >= 0.6 is 11.3 Å². The average Bonchev–Trinajstić information content (AvgIpc) is 3.11. The van der Waals surface area contributed by atoms with Crippen LogP contribution in [-0.2, 0) is 0 Å². The van der Waals surface area contributed by atoms with Crippen LogP contribution in [0, 0.1) is 11.6 Å². The molecular formula is C19H11F2N3OS. The van der Waals surface area contributed by atoms with Gasteiger partial charge < -0.3 is 5.32 Å². The number of halogens is 2. The highest BCUT2D eigenvalue weighted by molar-refractivity contribution is 7.16. The Balaban J connectivity index is 1.61. The van der Waals surface area contributed by atoms with Gasteiger partial charge in [-0.2, -0.15) is 0 Å². The van der Waals surface area contributed by atoms with Crippen LogP contribution in [0.5, 0.6) is 0 Å². The molecule has 128 valence electrons. The number of carbonyl (C=O) groups is 1. The molecule has 0 saturated heterocycles. The van der Waals surface area contributed by atoms with Gasteiger partial charge in [-0.25, -0.2) is 18.7 Å². The number of anilines is 1. The largest absolute Gasteiger partial charge is 0.306 e. The van der Waals surface area contributed by atoms with E-state index >= 15 is 0 Å². The van der Waals surface area contributed by atoms with Crippen molar-refractivity contribution in [1.29, 1.82) is 0 Å². The summed E-state index contributed by atoms with van der Waals surface area (Å²) in [7, 11) is 0. The van der Waals surface area contributed by atoms with E-state index in [1.807, 2.05) is 18.2 Å². The predicted molar refractivity (Wildman–Crippen MR) is 97.2 cm³/mol. The number of nitrogens with one attached hydrogen (secondary N) is 1. The molecule has 1 N–H and O–H groups in total. The summed E-state index contributed by atoms with van der Waals surface area (Å²) >= 11 is 1.55. The van der Waals surface area contributed by atoms with Crippen LogP contribution < -0.4 is 5.32 Å². The molecule has 0 aliphatic rings. The van der Waals surface area contributed by atoms with Crippen LogP contribution in [0.3, 0.4) is 0 Å². The zero-order valence-corrected chi connectivity index (χ0v) is 14.1. The average molecular weight is 367 g/mol. The van der Waals surface area contributed by atoms with E-state index in [2.05, 4.69) is 15.3 Å². The molecule has 26 heavy (non-hydrogen) atoms. The fourth-order valence-electron chi connectivity index (χ4n) is 2.64. The first kappa shape index (κ1) is 16.3. The van der Waals surface area contributed by atoms with E-state index in [4.69, 9.17) is 0 Å². The maximum absolute atomic E-state index is 13.7. The smallest absolute Gasteiger partial charge is 0.262 e. The summed E-state index contributed by atoms with van der Waals surface area (Å²) in [5, 5.41) is 2.41. The van der Waals surface area contributed by atoms with Crippen LogP contribution in [0.25, 0.3) is 21.3 Å². The van der Waals surface area contributed by atoms with Crippen molar-refractivity contribution in [3.63, 3.8) is 0 Å². The van der Waals surface area contributed by atoms with Crippen molar-refractivity contribution >= 4 is 33.3 Å². The van der Waals surface area contributed by atoms with Crippen molar-refractivity contribution in [2.24, 2.45) is 0 Å². The summed E-state index contributed by atoms with van der Waals surface area (Å²) in [6, 6.07) is 12.5. The predicted octanol–water partition coefficient (Wildman–Crippen LogP) is 4.89. The third-order valence-corrected chi connectivity index (χ3v) is 4.66. The number of carbonyl (C=O) groups excluding carboxylic acids is 1. The maximum Gasteiger partial charge on any atom is 0.262 e. The fraction of sp³-hybridized carbons (Fsp3) is 0. The lowest BCUT2D eigenvalue weighted by Gasteiger charge is -2.08. The second-order valence-corrected chi connectivity index (χ2v) is 6.37. The molecule has 0 aliphatic carbocycles. The van der Waals surface area contributed by atoms with Crippen LogP contribution in [0.1, 0.15) is 10.4 Å². The molecule has 0 aliphatic heterocycles. The van der Waals surface area contributed by atoms with Crippen molar-refractivity contribution < 1.29 is 13.6 Å². The molecule has 4 aromatic rings. The molecule has 0 saturated carbocycles. The Morgan fingerprint density at radius 2 is 1.73 bits per heavy atom. The maximum atomic E-state index is 13.7. The van der Waals surface area contributed by atoms with Gasteiger partial charge in [0.05, 0.1) is 15.7 Å². The normalized spacial score (nSPS) is 10.8. The van der Waals surface area contributed by atoms with Gasteiger partial charge in [0.1, 0.15) is 23.0 Å². The monoisotopic (exact) mass is 367 g/mol. The Bertz CT molecular complexity index is 1090. The Morgan fingerprint density at radius 1 is 0.962 bits per heavy atom. The Labute approximate surface area is 151 Å². The number of rotatable bonds is 3. The lowest BCUT2D eigenvalue weighted by atomic mass is 10.1. The molecule has 0 unspecified atom stereocenters. The molecule has 4 nitrogen and oxygen atoms in total. The standard InChI is InChI=1S/C19H11F2N3OS/c20-13-4-2-5-14(21)17(13)19(25)24-16-8-7-11(9-22-16)12-3-1-6-15-18(12)23-10-26-15/h1-10H,(H,22,24,25). The van der Waals surface area contributed by atoms with Gasteiger partial charge in [-0.3, -0.25) is 4.79 Å². The van der Waals surface area contributed by atoms with Gasteiger partial charge in [-0.15, -0.1) is 11.3 Å². The molecule has 2 aromatic heterocycles. The van der Waals surface area contributed by atoms with E-state index in [1.165, 1.54) is 6.07 Å². The summed E-state index contributed by atoms with van der Waals surface area (Å²) in [5.41, 5.74) is 3.78. The summed E-state index contributed by atoms with van der Waals surface area (Å²) < 4.78 is 28.4. The number of para-hydroxylation sites is 1. The van der Waals surface area contributed by atoms with Crippen molar-refractivity contribution in [2.45, 2.75) is 0 Å². The van der Waals surface area contributed by atoms with Crippen LogP contribution in [-0.4, -0.2) is 15.9 Å².